The highest BCUT2D eigenvalue weighted by molar-refractivity contribution is 5.46. The predicted octanol–water partition coefficient (Wildman–Crippen LogP) is 3.00. The lowest BCUT2D eigenvalue weighted by Gasteiger charge is -2.16. The van der Waals surface area contributed by atoms with E-state index in [2.05, 4.69) is 18.3 Å². The number of benzene rings is 1. The number of para-hydroxylation sites is 1. The first kappa shape index (κ1) is 16.8. The van der Waals surface area contributed by atoms with Crippen molar-refractivity contribution in [1.82, 2.24) is 5.32 Å². The number of methoxy groups -OCH3 is 1. The standard InChI is InChI=1S/C16H27NO3/c1-5-9-17-12-14-7-6-8-15(18-4)16(14)20-11-10-19-13(2)3/h6-8,13,17H,5,9-12H2,1-4H3. The Bertz CT molecular complexity index is 380. The topological polar surface area (TPSA) is 39.7 Å². The fourth-order valence-electron chi connectivity index (χ4n) is 1.85. The van der Waals surface area contributed by atoms with Crippen LogP contribution in [0.25, 0.3) is 0 Å². The third-order valence-corrected chi connectivity index (χ3v) is 2.80. The highest BCUT2D eigenvalue weighted by atomic mass is 16.5. The Hall–Kier alpha value is -1.26. The molecule has 0 saturated carbocycles. The molecule has 4 nitrogen and oxygen atoms in total. The van der Waals surface area contributed by atoms with Crippen LogP contribution < -0.4 is 14.8 Å². The molecule has 0 radical (unpaired) electrons. The Morgan fingerprint density at radius 2 is 2.00 bits per heavy atom. The lowest BCUT2D eigenvalue weighted by atomic mass is 10.2. The second kappa shape index (κ2) is 9.61. The van der Waals surface area contributed by atoms with Crippen LogP contribution >= 0.6 is 0 Å². The Labute approximate surface area is 122 Å². The molecule has 0 aromatic heterocycles. The number of rotatable bonds is 10. The first-order valence-corrected chi connectivity index (χ1v) is 7.30. The summed E-state index contributed by atoms with van der Waals surface area (Å²) in [6, 6.07) is 5.96. The largest absolute Gasteiger partial charge is 0.493 e. The summed E-state index contributed by atoms with van der Waals surface area (Å²) in [4.78, 5) is 0. The summed E-state index contributed by atoms with van der Waals surface area (Å²) in [6.45, 7) is 9.07. The molecular weight excluding hydrogens is 254 g/mol. The third kappa shape index (κ3) is 5.80. The van der Waals surface area contributed by atoms with E-state index in [0.717, 1.165) is 36.6 Å². The molecule has 0 aliphatic carbocycles. The van der Waals surface area contributed by atoms with Gasteiger partial charge in [-0.2, -0.15) is 0 Å². The Morgan fingerprint density at radius 3 is 2.65 bits per heavy atom. The SMILES string of the molecule is CCCNCc1cccc(OC)c1OCCOC(C)C. The summed E-state index contributed by atoms with van der Waals surface area (Å²) in [7, 11) is 1.66. The summed E-state index contributed by atoms with van der Waals surface area (Å²) in [5.41, 5.74) is 1.11. The molecule has 0 atom stereocenters. The third-order valence-electron chi connectivity index (χ3n) is 2.80. The normalized spacial score (nSPS) is 10.8. The van der Waals surface area contributed by atoms with E-state index in [9.17, 15) is 0 Å². The fourth-order valence-corrected chi connectivity index (χ4v) is 1.85. The molecule has 1 aromatic carbocycles. The van der Waals surface area contributed by atoms with Gasteiger partial charge in [0.15, 0.2) is 11.5 Å². The zero-order valence-electron chi connectivity index (χ0n) is 13.1. The molecule has 4 heteroatoms. The molecule has 0 aliphatic rings. The first-order valence-electron chi connectivity index (χ1n) is 7.30. The number of nitrogens with one attached hydrogen (secondary N) is 1. The van der Waals surface area contributed by atoms with E-state index in [1.165, 1.54) is 0 Å². The van der Waals surface area contributed by atoms with Gasteiger partial charge in [-0.15, -0.1) is 0 Å². The summed E-state index contributed by atoms with van der Waals surface area (Å²) in [5, 5.41) is 3.38. The summed E-state index contributed by atoms with van der Waals surface area (Å²) in [5.74, 6) is 1.58. The molecule has 0 fully saturated rings. The summed E-state index contributed by atoms with van der Waals surface area (Å²) in [6.07, 6.45) is 1.34. The number of hydrogen-bond donors (Lipinski definition) is 1. The average Bonchev–Trinajstić information content (AvgIpc) is 2.44. The van der Waals surface area contributed by atoms with Gasteiger partial charge in [-0.25, -0.2) is 0 Å². The smallest absolute Gasteiger partial charge is 0.165 e. The van der Waals surface area contributed by atoms with Crippen LogP contribution in [0.5, 0.6) is 11.5 Å². The van der Waals surface area contributed by atoms with E-state index >= 15 is 0 Å². The van der Waals surface area contributed by atoms with E-state index < -0.39 is 0 Å². The van der Waals surface area contributed by atoms with Crippen LogP contribution in [0.2, 0.25) is 0 Å². The quantitative estimate of drug-likeness (QED) is 0.669. The predicted molar refractivity (Wildman–Crippen MR) is 81.6 cm³/mol. The lowest BCUT2D eigenvalue weighted by molar-refractivity contribution is 0.0544. The van der Waals surface area contributed by atoms with Gasteiger partial charge in [0.1, 0.15) is 6.61 Å². The Kier molecular flexibility index (Phi) is 8.07. The molecule has 0 spiro atoms. The van der Waals surface area contributed by atoms with E-state index in [-0.39, 0.29) is 6.10 Å². The minimum Gasteiger partial charge on any atom is -0.493 e. The van der Waals surface area contributed by atoms with Gasteiger partial charge in [-0.1, -0.05) is 19.1 Å². The molecule has 0 bridgehead atoms. The molecule has 1 rings (SSSR count). The maximum Gasteiger partial charge on any atom is 0.165 e. The van der Waals surface area contributed by atoms with E-state index in [1.807, 2.05) is 26.0 Å². The van der Waals surface area contributed by atoms with Crippen LogP contribution in [0.1, 0.15) is 32.8 Å². The summed E-state index contributed by atoms with van der Waals surface area (Å²) < 4.78 is 16.7. The number of ether oxygens (including phenoxy) is 3. The van der Waals surface area contributed by atoms with Crippen molar-refractivity contribution in [3.63, 3.8) is 0 Å². The van der Waals surface area contributed by atoms with Gasteiger partial charge in [-0.3, -0.25) is 0 Å². The van der Waals surface area contributed by atoms with Crippen LogP contribution in [0.3, 0.4) is 0 Å². The van der Waals surface area contributed by atoms with Crippen molar-refractivity contribution < 1.29 is 14.2 Å². The zero-order valence-corrected chi connectivity index (χ0v) is 13.1. The van der Waals surface area contributed by atoms with Crippen molar-refractivity contribution in [2.45, 2.75) is 39.8 Å². The molecule has 0 unspecified atom stereocenters. The molecular formula is C16H27NO3. The molecule has 1 N–H and O–H groups in total. The van der Waals surface area contributed by atoms with Crippen molar-refractivity contribution in [3.05, 3.63) is 23.8 Å². The molecule has 0 heterocycles. The molecule has 1 aromatic rings. The minimum absolute atomic E-state index is 0.224. The van der Waals surface area contributed by atoms with Crippen LogP contribution in [-0.4, -0.2) is 33.0 Å². The fraction of sp³-hybridized carbons (Fsp3) is 0.625. The second-order valence-corrected chi connectivity index (χ2v) is 4.89. The van der Waals surface area contributed by atoms with Crippen molar-refractivity contribution in [2.24, 2.45) is 0 Å². The molecule has 0 saturated heterocycles. The molecule has 0 amide bonds. The van der Waals surface area contributed by atoms with Crippen LogP contribution in [0.15, 0.2) is 18.2 Å². The van der Waals surface area contributed by atoms with Gasteiger partial charge >= 0.3 is 0 Å². The maximum absolute atomic E-state index is 5.85. The average molecular weight is 281 g/mol. The highest BCUT2D eigenvalue weighted by Gasteiger charge is 2.10. The Balaban J connectivity index is 2.63. The van der Waals surface area contributed by atoms with Gasteiger partial charge < -0.3 is 19.5 Å². The monoisotopic (exact) mass is 281 g/mol. The van der Waals surface area contributed by atoms with Crippen molar-refractivity contribution >= 4 is 0 Å². The van der Waals surface area contributed by atoms with Gasteiger partial charge in [0, 0.05) is 12.1 Å². The lowest BCUT2D eigenvalue weighted by Crippen LogP contribution is -2.16. The van der Waals surface area contributed by atoms with E-state index in [0.29, 0.717) is 13.2 Å². The number of hydrogen-bond acceptors (Lipinski definition) is 4. The van der Waals surface area contributed by atoms with Crippen molar-refractivity contribution in [3.8, 4) is 11.5 Å². The summed E-state index contributed by atoms with van der Waals surface area (Å²) >= 11 is 0. The van der Waals surface area contributed by atoms with E-state index in [4.69, 9.17) is 14.2 Å². The van der Waals surface area contributed by atoms with Gasteiger partial charge in [0.2, 0.25) is 0 Å². The Morgan fingerprint density at radius 1 is 1.20 bits per heavy atom. The van der Waals surface area contributed by atoms with Gasteiger partial charge in [0.25, 0.3) is 0 Å². The van der Waals surface area contributed by atoms with E-state index in [1.54, 1.807) is 7.11 Å². The zero-order chi connectivity index (χ0) is 14.8. The maximum atomic E-state index is 5.85. The minimum atomic E-state index is 0.224. The second-order valence-electron chi connectivity index (χ2n) is 4.89. The molecule has 20 heavy (non-hydrogen) atoms. The van der Waals surface area contributed by atoms with Crippen LogP contribution in [-0.2, 0) is 11.3 Å². The van der Waals surface area contributed by atoms with Crippen molar-refractivity contribution in [1.29, 1.82) is 0 Å². The highest BCUT2D eigenvalue weighted by Crippen LogP contribution is 2.31. The van der Waals surface area contributed by atoms with Gasteiger partial charge in [-0.05, 0) is 32.9 Å². The van der Waals surface area contributed by atoms with Gasteiger partial charge in [0.05, 0.1) is 19.8 Å². The molecule has 114 valence electrons. The van der Waals surface area contributed by atoms with Crippen molar-refractivity contribution in [2.75, 3.05) is 26.9 Å². The van der Waals surface area contributed by atoms with Crippen LogP contribution in [0, 0.1) is 0 Å². The molecule has 0 aliphatic heterocycles. The first-order chi connectivity index (χ1) is 9.69. The van der Waals surface area contributed by atoms with Crippen LogP contribution in [0.4, 0.5) is 0 Å².